The van der Waals surface area contributed by atoms with Crippen LogP contribution < -0.4 is 14.8 Å². The highest BCUT2D eigenvalue weighted by molar-refractivity contribution is 5.54. The van der Waals surface area contributed by atoms with Crippen molar-refractivity contribution in [3.05, 3.63) is 23.3 Å². The van der Waals surface area contributed by atoms with Crippen molar-refractivity contribution in [2.45, 2.75) is 32.7 Å². The van der Waals surface area contributed by atoms with E-state index in [0.29, 0.717) is 43.1 Å². The van der Waals surface area contributed by atoms with E-state index in [1.807, 2.05) is 25.9 Å². The highest BCUT2D eigenvalue weighted by Gasteiger charge is 2.45. The number of hydrogen-bond donors (Lipinski definition) is 2. The minimum absolute atomic E-state index is 0.108. The Morgan fingerprint density at radius 1 is 1.22 bits per heavy atom. The fraction of sp³-hybridized carbons (Fsp3) is 0.625. The number of aliphatic hydroxyl groups is 1. The van der Waals surface area contributed by atoms with Gasteiger partial charge < -0.3 is 24.8 Å². The molecular formula is C16H24F2N2O3. The molecule has 0 aromatic heterocycles. The summed E-state index contributed by atoms with van der Waals surface area (Å²) in [4.78, 5) is 1.88. The van der Waals surface area contributed by atoms with Gasteiger partial charge in [0.25, 0.3) is 0 Å². The molecule has 2 N–H and O–H groups in total. The molecule has 2 rings (SSSR count). The summed E-state index contributed by atoms with van der Waals surface area (Å²) in [5.74, 6) is 0.530. The summed E-state index contributed by atoms with van der Waals surface area (Å²) in [6.07, 6.45) is -2.92. The van der Waals surface area contributed by atoms with Crippen LogP contribution in [0.3, 0.4) is 0 Å². The molecule has 0 unspecified atom stereocenters. The van der Waals surface area contributed by atoms with Crippen molar-refractivity contribution in [3.8, 4) is 11.5 Å². The van der Waals surface area contributed by atoms with E-state index in [2.05, 4.69) is 10.1 Å². The Balaban J connectivity index is 2.11. The van der Waals surface area contributed by atoms with Gasteiger partial charge in [-0.25, -0.2) is 0 Å². The molecule has 0 bridgehead atoms. The van der Waals surface area contributed by atoms with Gasteiger partial charge in [-0.15, -0.1) is 8.78 Å². The van der Waals surface area contributed by atoms with Gasteiger partial charge in [0.2, 0.25) is 0 Å². The number of alkyl halides is 2. The second-order valence-corrected chi connectivity index (χ2v) is 6.20. The second kappa shape index (κ2) is 7.42. The Morgan fingerprint density at radius 2 is 1.83 bits per heavy atom. The van der Waals surface area contributed by atoms with Gasteiger partial charge in [-0.2, -0.15) is 0 Å². The number of nitrogens with zero attached hydrogens (tertiary/aromatic N) is 1. The predicted molar refractivity (Wildman–Crippen MR) is 82.6 cm³/mol. The maximum absolute atomic E-state index is 13.5. The van der Waals surface area contributed by atoms with Crippen LogP contribution in [0, 0.1) is 5.92 Å². The molecule has 0 amide bonds. The lowest BCUT2D eigenvalue weighted by molar-refractivity contribution is -0.287. The van der Waals surface area contributed by atoms with Crippen LogP contribution in [0.5, 0.6) is 11.5 Å². The number of rotatable bonds is 8. The number of halogens is 2. The Bertz CT molecular complexity index is 538. The van der Waals surface area contributed by atoms with Gasteiger partial charge in [-0.3, -0.25) is 0 Å². The zero-order valence-electron chi connectivity index (χ0n) is 13.7. The first-order valence-corrected chi connectivity index (χ1v) is 7.69. The van der Waals surface area contributed by atoms with Crippen LogP contribution in [0.15, 0.2) is 12.1 Å². The third-order valence-electron chi connectivity index (χ3n) is 3.63. The molecule has 1 atom stereocenters. The van der Waals surface area contributed by atoms with Crippen LogP contribution in [0.1, 0.15) is 24.5 Å². The van der Waals surface area contributed by atoms with Gasteiger partial charge in [0.1, 0.15) is 0 Å². The topological polar surface area (TPSA) is 54.0 Å². The zero-order chi connectivity index (χ0) is 17.0. The first kappa shape index (κ1) is 17.9. The lowest BCUT2D eigenvalue weighted by atomic mass is 10.1. The maximum atomic E-state index is 13.5. The number of fused-ring (bicyclic) bond motifs is 1. The summed E-state index contributed by atoms with van der Waals surface area (Å²) < 4.78 is 36.3. The molecule has 7 heteroatoms. The van der Waals surface area contributed by atoms with Crippen LogP contribution in [0.2, 0.25) is 0 Å². The number of benzene rings is 1. The summed E-state index contributed by atoms with van der Waals surface area (Å²) in [7, 11) is 3.72. The van der Waals surface area contributed by atoms with Crippen LogP contribution in [0.4, 0.5) is 8.78 Å². The molecule has 0 aliphatic carbocycles. The van der Waals surface area contributed by atoms with Crippen molar-refractivity contribution in [2.75, 3.05) is 27.2 Å². The second-order valence-electron chi connectivity index (χ2n) is 6.20. The molecule has 0 spiro atoms. The third kappa shape index (κ3) is 4.76. The Morgan fingerprint density at radius 3 is 2.43 bits per heavy atom. The normalized spacial score (nSPS) is 16.8. The smallest absolute Gasteiger partial charge is 0.396 e. The molecule has 23 heavy (non-hydrogen) atoms. The SMILES string of the molecule is C[C@H](CCO)CNCc1ccc(CN(C)C)c2c1OC(F)(F)O2. The molecule has 1 aromatic rings. The number of hydrogen-bond acceptors (Lipinski definition) is 5. The summed E-state index contributed by atoms with van der Waals surface area (Å²) in [6.45, 7) is 3.73. The Labute approximate surface area is 135 Å². The van der Waals surface area contributed by atoms with Crippen LogP contribution in [-0.2, 0) is 13.1 Å². The van der Waals surface area contributed by atoms with E-state index in [9.17, 15) is 8.78 Å². The Kier molecular flexibility index (Phi) is 5.78. The third-order valence-corrected chi connectivity index (χ3v) is 3.63. The van der Waals surface area contributed by atoms with Crippen molar-refractivity contribution in [2.24, 2.45) is 5.92 Å². The van der Waals surface area contributed by atoms with E-state index >= 15 is 0 Å². The maximum Gasteiger partial charge on any atom is 0.586 e. The molecule has 0 saturated carbocycles. The van der Waals surface area contributed by atoms with Gasteiger partial charge in [0.15, 0.2) is 11.5 Å². The predicted octanol–water partition coefficient (Wildman–Crippen LogP) is 2.18. The van der Waals surface area contributed by atoms with Gasteiger partial charge in [0, 0.05) is 30.8 Å². The lowest BCUT2D eigenvalue weighted by Crippen LogP contribution is -2.26. The average molecular weight is 330 g/mol. The van der Waals surface area contributed by atoms with Gasteiger partial charge in [-0.05, 0) is 33.0 Å². The fourth-order valence-corrected chi connectivity index (χ4v) is 2.51. The largest absolute Gasteiger partial charge is 0.586 e. The molecular weight excluding hydrogens is 306 g/mol. The molecule has 0 saturated heterocycles. The van der Waals surface area contributed by atoms with Crippen molar-refractivity contribution in [3.63, 3.8) is 0 Å². The molecule has 1 heterocycles. The Hall–Kier alpha value is -1.44. The highest BCUT2D eigenvalue weighted by atomic mass is 19.3. The standard InChI is InChI=1S/C16H24F2N2O3/c1-11(6-7-21)8-19-9-12-4-5-13(10-20(2)3)15-14(12)22-16(17,18)23-15/h4-5,11,19,21H,6-10H2,1-3H3/t11-/m1/s1. The van der Waals surface area contributed by atoms with Gasteiger partial charge in [-0.1, -0.05) is 19.1 Å². The summed E-state index contributed by atoms with van der Waals surface area (Å²) in [6, 6.07) is 3.57. The number of aliphatic hydroxyl groups excluding tert-OH is 1. The molecule has 1 aliphatic heterocycles. The average Bonchev–Trinajstić information content (AvgIpc) is 2.77. The molecule has 0 fully saturated rings. The van der Waals surface area contributed by atoms with E-state index in [1.165, 1.54) is 0 Å². The van der Waals surface area contributed by atoms with Crippen molar-refractivity contribution < 1.29 is 23.4 Å². The lowest BCUT2D eigenvalue weighted by Gasteiger charge is -2.14. The van der Waals surface area contributed by atoms with Crippen molar-refractivity contribution in [1.29, 1.82) is 0 Å². The quantitative estimate of drug-likeness (QED) is 0.765. The van der Waals surface area contributed by atoms with E-state index in [-0.39, 0.29) is 18.1 Å². The number of nitrogens with one attached hydrogen (secondary N) is 1. The van der Waals surface area contributed by atoms with Crippen LogP contribution in [0.25, 0.3) is 0 Å². The monoisotopic (exact) mass is 330 g/mol. The highest BCUT2D eigenvalue weighted by Crippen LogP contribution is 2.46. The van der Waals surface area contributed by atoms with Gasteiger partial charge in [0.05, 0.1) is 0 Å². The molecule has 0 radical (unpaired) electrons. The fourth-order valence-electron chi connectivity index (χ4n) is 2.51. The molecule has 130 valence electrons. The summed E-state index contributed by atoms with van der Waals surface area (Å²) >= 11 is 0. The molecule has 1 aliphatic rings. The van der Waals surface area contributed by atoms with Crippen molar-refractivity contribution >= 4 is 0 Å². The minimum Gasteiger partial charge on any atom is -0.396 e. The van der Waals surface area contributed by atoms with E-state index in [0.717, 1.165) is 0 Å². The molecule has 1 aromatic carbocycles. The van der Waals surface area contributed by atoms with Crippen LogP contribution in [-0.4, -0.2) is 43.5 Å². The van der Waals surface area contributed by atoms with Crippen molar-refractivity contribution in [1.82, 2.24) is 10.2 Å². The van der Waals surface area contributed by atoms with E-state index in [1.54, 1.807) is 12.1 Å². The first-order chi connectivity index (χ1) is 10.8. The summed E-state index contributed by atoms with van der Waals surface area (Å²) in [5, 5.41) is 12.1. The first-order valence-electron chi connectivity index (χ1n) is 7.69. The number of ether oxygens (including phenoxy) is 2. The minimum atomic E-state index is -3.62. The zero-order valence-corrected chi connectivity index (χ0v) is 13.7. The molecule has 5 nitrogen and oxygen atoms in total. The summed E-state index contributed by atoms with van der Waals surface area (Å²) in [5.41, 5.74) is 1.30. The van der Waals surface area contributed by atoms with Crippen LogP contribution >= 0.6 is 0 Å². The van der Waals surface area contributed by atoms with Gasteiger partial charge >= 0.3 is 6.29 Å². The van der Waals surface area contributed by atoms with E-state index in [4.69, 9.17) is 9.84 Å². The van der Waals surface area contributed by atoms with E-state index < -0.39 is 6.29 Å².